The molecular weight excluding hydrogens is 268 g/mol. The van der Waals surface area contributed by atoms with E-state index in [2.05, 4.69) is 20.8 Å². The summed E-state index contributed by atoms with van der Waals surface area (Å²) in [4.78, 5) is 24.6. The summed E-state index contributed by atoms with van der Waals surface area (Å²) in [5, 5.41) is 0. The van der Waals surface area contributed by atoms with Gasteiger partial charge in [-0.25, -0.2) is 0 Å². The maximum atomic E-state index is 12.7. The largest absolute Gasteiger partial charge is 0.493 e. The average molecular weight is 290 g/mol. The Morgan fingerprint density at radius 3 is 2.71 bits per heavy atom. The van der Waals surface area contributed by atoms with Crippen molar-refractivity contribution in [3.8, 4) is 5.75 Å². The van der Waals surface area contributed by atoms with Crippen LogP contribution < -0.4 is 4.74 Å². The van der Waals surface area contributed by atoms with Crippen LogP contribution in [0.25, 0.3) is 0 Å². The van der Waals surface area contributed by atoms with Crippen molar-refractivity contribution in [3.05, 3.63) is 29.3 Å². The van der Waals surface area contributed by atoms with Crippen molar-refractivity contribution in [1.82, 2.24) is 0 Å². The Morgan fingerprint density at radius 1 is 1.38 bits per heavy atom. The van der Waals surface area contributed by atoms with E-state index in [1.807, 2.05) is 18.2 Å². The van der Waals surface area contributed by atoms with Gasteiger partial charge in [0.25, 0.3) is 0 Å². The number of rotatable bonds is 2. The molecule has 0 fully saturated rings. The molecule has 1 aliphatic heterocycles. The first-order chi connectivity index (χ1) is 9.84. The van der Waals surface area contributed by atoms with Crippen molar-refractivity contribution in [3.63, 3.8) is 0 Å². The van der Waals surface area contributed by atoms with Gasteiger partial charge in [0.2, 0.25) is 0 Å². The first-order valence-electron chi connectivity index (χ1n) is 7.32. The predicted molar refractivity (Wildman–Crippen MR) is 79.7 cm³/mol. The van der Waals surface area contributed by atoms with E-state index < -0.39 is 11.9 Å². The molecule has 0 saturated carbocycles. The van der Waals surface area contributed by atoms with Crippen LogP contribution in [-0.4, -0.2) is 25.0 Å². The van der Waals surface area contributed by atoms with E-state index in [1.54, 1.807) is 6.92 Å². The fourth-order valence-electron chi connectivity index (χ4n) is 2.39. The Kier molecular flexibility index (Phi) is 4.35. The van der Waals surface area contributed by atoms with E-state index in [-0.39, 0.29) is 17.8 Å². The number of hydrogen-bond donors (Lipinski definition) is 0. The van der Waals surface area contributed by atoms with Gasteiger partial charge in [-0.3, -0.25) is 9.59 Å². The smallest absolute Gasteiger partial charge is 0.316 e. The van der Waals surface area contributed by atoms with Crippen LogP contribution >= 0.6 is 0 Å². The highest BCUT2D eigenvalue weighted by atomic mass is 16.5. The van der Waals surface area contributed by atoms with Crippen molar-refractivity contribution in [1.29, 1.82) is 0 Å². The highest BCUT2D eigenvalue weighted by molar-refractivity contribution is 6.10. The average Bonchev–Trinajstić information content (AvgIpc) is 2.57. The van der Waals surface area contributed by atoms with Gasteiger partial charge in [0.15, 0.2) is 5.78 Å². The third kappa shape index (κ3) is 3.26. The van der Waals surface area contributed by atoms with Gasteiger partial charge in [0, 0.05) is 6.42 Å². The van der Waals surface area contributed by atoms with Crippen LogP contribution in [0.5, 0.6) is 5.75 Å². The second-order valence-corrected chi connectivity index (χ2v) is 6.27. The van der Waals surface area contributed by atoms with Gasteiger partial charge < -0.3 is 9.47 Å². The highest BCUT2D eigenvalue weighted by Crippen LogP contribution is 2.32. The molecule has 2 rings (SSSR count). The normalized spacial score (nSPS) is 18.5. The number of ether oxygens (including phenoxy) is 2. The molecule has 1 atom stereocenters. The van der Waals surface area contributed by atoms with Crippen molar-refractivity contribution < 1.29 is 19.1 Å². The topological polar surface area (TPSA) is 52.6 Å². The van der Waals surface area contributed by atoms with E-state index >= 15 is 0 Å². The quantitative estimate of drug-likeness (QED) is 0.620. The number of Topliss-reactive ketones (excluding diaryl/α,β-unsaturated/α-hetero) is 1. The van der Waals surface area contributed by atoms with Crippen LogP contribution in [0, 0.1) is 5.92 Å². The lowest BCUT2D eigenvalue weighted by atomic mass is 9.84. The van der Waals surface area contributed by atoms with Crippen LogP contribution in [0.4, 0.5) is 0 Å². The monoisotopic (exact) mass is 290 g/mol. The molecule has 0 amide bonds. The maximum Gasteiger partial charge on any atom is 0.316 e. The second-order valence-electron chi connectivity index (χ2n) is 6.27. The Hall–Kier alpha value is -1.84. The zero-order valence-corrected chi connectivity index (χ0v) is 13.1. The third-order valence-corrected chi connectivity index (χ3v) is 3.66. The SMILES string of the molecule is CCOC(=O)C1CCOc2ccc(C(C)(C)C)cc2C1=O. The summed E-state index contributed by atoms with van der Waals surface area (Å²) in [5.41, 5.74) is 1.46. The summed E-state index contributed by atoms with van der Waals surface area (Å²) < 4.78 is 10.6. The first-order valence-corrected chi connectivity index (χ1v) is 7.32. The van der Waals surface area contributed by atoms with Crippen LogP contribution in [0.1, 0.15) is 50.0 Å². The number of esters is 1. The molecule has 1 unspecified atom stereocenters. The van der Waals surface area contributed by atoms with Gasteiger partial charge in [-0.2, -0.15) is 0 Å². The molecule has 0 saturated heterocycles. The molecule has 114 valence electrons. The van der Waals surface area contributed by atoms with Crippen molar-refractivity contribution in [2.75, 3.05) is 13.2 Å². The molecule has 0 aromatic heterocycles. The number of fused-ring (bicyclic) bond motifs is 1. The Labute approximate surface area is 125 Å². The van der Waals surface area contributed by atoms with Crippen LogP contribution in [0.2, 0.25) is 0 Å². The van der Waals surface area contributed by atoms with Crippen molar-refractivity contribution in [2.45, 2.75) is 39.5 Å². The molecule has 21 heavy (non-hydrogen) atoms. The summed E-state index contributed by atoms with van der Waals surface area (Å²) in [7, 11) is 0. The highest BCUT2D eigenvalue weighted by Gasteiger charge is 2.33. The number of carbonyl (C=O) groups excluding carboxylic acids is 2. The minimum absolute atomic E-state index is 0.0684. The van der Waals surface area contributed by atoms with E-state index in [0.717, 1.165) is 5.56 Å². The van der Waals surface area contributed by atoms with E-state index in [1.165, 1.54) is 0 Å². The van der Waals surface area contributed by atoms with Crippen molar-refractivity contribution >= 4 is 11.8 Å². The minimum Gasteiger partial charge on any atom is -0.493 e. The maximum absolute atomic E-state index is 12.7. The summed E-state index contributed by atoms with van der Waals surface area (Å²) in [6.45, 7) is 8.61. The summed E-state index contributed by atoms with van der Waals surface area (Å²) >= 11 is 0. The van der Waals surface area contributed by atoms with E-state index in [9.17, 15) is 9.59 Å². The van der Waals surface area contributed by atoms with Gasteiger partial charge in [0.05, 0.1) is 18.8 Å². The van der Waals surface area contributed by atoms with Gasteiger partial charge >= 0.3 is 5.97 Å². The number of benzene rings is 1. The van der Waals surface area contributed by atoms with Crippen LogP contribution in [0.3, 0.4) is 0 Å². The Morgan fingerprint density at radius 2 is 2.10 bits per heavy atom. The molecule has 0 bridgehead atoms. The fraction of sp³-hybridized carbons (Fsp3) is 0.529. The summed E-state index contributed by atoms with van der Waals surface area (Å²) in [6.07, 6.45) is 0.358. The second kappa shape index (κ2) is 5.88. The van der Waals surface area contributed by atoms with Gasteiger partial charge in [0.1, 0.15) is 11.7 Å². The lowest BCUT2D eigenvalue weighted by Gasteiger charge is -2.20. The van der Waals surface area contributed by atoms with Gasteiger partial charge in [-0.1, -0.05) is 26.8 Å². The zero-order chi connectivity index (χ0) is 15.6. The van der Waals surface area contributed by atoms with E-state index in [0.29, 0.717) is 24.3 Å². The molecule has 0 spiro atoms. The molecule has 1 aromatic rings. The third-order valence-electron chi connectivity index (χ3n) is 3.66. The number of hydrogen-bond acceptors (Lipinski definition) is 4. The fourth-order valence-corrected chi connectivity index (χ4v) is 2.39. The number of carbonyl (C=O) groups is 2. The first kappa shape index (κ1) is 15.5. The summed E-state index contributed by atoms with van der Waals surface area (Å²) in [6, 6.07) is 5.63. The predicted octanol–water partition coefficient (Wildman–Crippen LogP) is 3.13. The number of ketones is 1. The lowest BCUT2D eigenvalue weighted by molar-refractivity contribution is -0.146. The van der Waals surface area contributed by atoms with Crippen molar-refractivity contribution in [2.24, 2.45) is 5.92 Å². The molecule has 4 nitrogen and oxygen atoms in total. The molecular formula is C17H22O4. The van der Waals surface area contributed by atoms with Crippen LogP contribution in [0.15, 0.2) is 18.2 Å². The zero-order valence-electron chi connectivity index (χ0n) is 13.1. The Bertz CT molecular complexity index is 554. The minimum atomic E-state index is -0.763. The Balaban J connectivity index is 2.40. The molecule has 1 aliphatic rings. The van der Waals surface area contributed by atoms with Crippen LogP contribution in [-0.2, 0) is 14.9 Å². The lowest BCUT2D eigenvalue weighted by Crippen LogP contribution is -2.26. The van der Waals surface area contributed by atoms with Gasteiger partial charge in [-0.15, -0.1) is 0 Å². The van der Waals surface area contributed by atoms with E-state index in [4.69, 9.17) is 9.47 Å². The summed E-state index contributed by atoms with van der Waals surface area (Å²) in [5.74, 6) is -0.867. The molecule has 4 heteroatoms. The molecule has 0 aliphatic carbocycles. The molecule has 1 aromatic carbocycles. The molecule has 0 radical (unpaired) electrons. The molecule has 1 heterocycles. The standard InChI is InChI=1S/C17H22O4/c1-5-20-16(19)12-8-9-21-14-7-6-11(17(2,3)4)10-13(14)15(12)18/h6-7,10,12H,5,8-9H2,1-4H3. The molecule has 0 N–H and O–H groups in total. The van der Waals surface area contributed by atoms with Gasteiger partial charge in [-0.05, 0) is 30.0 Å².